The van der Waals surface area contributed by atoms with Gasteiger partial charge in [0, 0.05) is 73.4 Å². The third kappa shape index (κ3) is 9.15. The van der Waals surface area contributed by atoms with Crippen LogP contribution >= 0.6 is 0 Å². The summed E-state index contributed by atoms with van der Waals surface area (Å²) < 4.78 is 84.0. The Hall–Kier alpha value is -5.30. The molecule has 2 unspecified atom stereocenters. The number of alkyl halides is 1. The molecule has 5 aromatic rings. The van der Waals surface area contributed by atoms with Gasteiger partial charge in [0.25, 0.3) is 17.1 Å². The monoisotopic (exact) mass is 837 g/mol. The first kappa shape index (κ1) is 41.8. The van der Waals surface area contributed by atoms with Crippen LogP contribution in [0.5, 0.6) is 5.88 Å². The van der Waals surface area contributed by atoms with Crippen molar-refractivity contribution in [1.29, 1.82) is 0 Å². The lowest BCUT2D eigenvalue weighted by atomic mass is 9.93. The molecule has 59 heavy (non-hydrogen) atoms. The number of hydrazine groups is 1. The second-order valence-corrected chi connectivity index (χ2v) is 15.8. The van der Waals surface area contributed by atoms with Gasteiger partial charge in [-0.3, -0.25) is 19.0 Å². The van der Waals surface area contributed by atoms with E-state index in [1.54, 1.807) is 18.3 Å². The van der Waals surface area contributed by atoms with E-state index in [1.807, 2.05) is 38.1 Å². The number of hydrogen-bond donors (Lipinski definition) is 2. The molecule has 2 fully saturated rings. The largest absolute Gasteiger partial charge is 0.476 e. The van der Waals surface area contributed by atoms with Crippen LogP contribution in [0, 0.1) is 17.6 Å². The van der Waals surface area contributed by atoms with Crippen LogP contribution in [0.25, 0.3) is 22.2 Å². The van der Waals surface area contributed by atoms with Crippen molar-refractivity contribution in [2.45, 2.75) is 45.2 Å². The normalized spacial score (nSPS) is 17.4. The number of hydrogen-bond acceptors (Lipinski definition) is 11. The van der Waals surface area contributed by atoms with Gasteiger partial charge in [-0.15, -0.1) is 0 Å². The number of halogens is 3. The molecule has 18 heteroatoms. The number of nitrogens with zero attached hydrogens (tertiary/aromatic N) is 6. The fourth-order valence-electron chi connectivity index (χ4n) is 7.62. The third-order valence-electron chi connectivity index (χ3n) is 10.8. The smallest absolute Gasteiger partial charge is 0.316 e. The molecule has 3 aromatic heterocycles. The number of piperazine rings is 1. The summed E-state index contributed by atoms with van der Waals surface area (Å²) in [5.74, 6) is -3.61. The molecule has 0 radical (unpaired) electrons. The maximum absolute atomic E-state index is 16.0. The topological polar surface area (TPSA) is 158 Å². The molecule has 2 aliphatic heterocycles. The van der Waals surface area contributed by atoms with Gasteiger partial charge in [0.15, 0.2) is 11.6 Å². The lowest BCUT2D eigenvalue weighted by Gasteiger charge is -2.36. The summed E-state index contributed by atoms with van der Waals surface area (Å²) in [5, 5.41) is 5.46. The van der Waals surface area contributed by atoms with E-state index in [0.29, 0.717) is 39.3 Å². The average molecular weight is 838 g/mol. The van der Waals surface area contributed by atoms with Crippen molar-refractivity contribution in [3.8, 4) is 17.0 Å². The second kappa shape index (κ2) is 18.3. The van der Waals surface area contributed by atoms with Crippen molar-refractivity contribution in [3.63, 3.8) is 0 Å². The van der Waals surface area contributed by atoms with Crippen molar-refractivity contribution in [2.24, 2.45) is 5.92 Å². The summed E-state index contributed by atoms with van der Waals surface area (Å²) in [6.45, 7) is 8.54. The van der Waals surface area contributed by atoms with E-state index >= 15 is 8.78 Å². The van der Waals surface area contributed by atoms with E-state index in [-0.39, 0.29) is 37.0 Å². The molecular weight excluding hydrogens is 792 g/mol. The van der Waals surface area contributed by atoms with Crippen molar-refractivity contribution < 1.29 is 45.5 Å². The minimum Gasteiger partial charge on any atom is -0.476 e. The summed E-state index contributed by atoms with van der Waals surface area (Å²) in [6.07, 6.45) is 3.54. The Morgan fingerprint density at radius 2 is 1.81 bits per heavy atom. The fraction of sp³-hybridized carbons (Fsp3) is 0.415. The highest BCUT2D eigenvalue weighted by Gasteiger charge is 2.35. The number of H-pyrrole nitrogens is 1. The third-order valence-corrected chi connectivity index (χ3v) is 11.5. The van der Waals surface area contributed by atoms with Crippen LogP contribution in [0.1, 0.15) is 60.7 Å². The van der Waals surface area contributed by atoms with Gasteiger partial charge in [0.05, 0.1) is 25.8 Å². The van der Waals surface area contributed by atoms with Gasteiger partial charge in [0.2, 0.25) is 5.78 Å². The maximum atomic E-state index is 16.0. The van der Waals surface area contributed by atoms with Crippen LogP contribution < -0.4 is 14.1 Å². The number of unbranched alkanes of at least 4 members (excludes halogenated alkanes) is 1. The zero-order valence-corrected chi connectivity index (χ0v) is 33.7. The van der Waals surface area contributed by atoms with E-state index in [4.69, 9.17) is 14.0 Å². The lowest BCUT2D eigenvalue weighted by Crippen LogP contribution is -2.46. The molecule has 0 saturated carbocycles. The average Bonchev–Trinajstić information content (AvgIpc) is 3.99. The molecule has 2 N–H and O–H groups in total. The van der Waals surface area contributed by atoms with E-state index in [9.17, 15) is 22.7 Å². The van der Waals surface area contributed by atoms with Crippen LogP contribution in [0.15, 0.2) is 65.4 Å². The number of carbonyl (C=O) groups excluding carboxylic acids is 2. The Morgan fingerprint density at radius 3 is 2.49 bits per heavy atom. The summed E-state index contributed by atoms with van der Waals surface area (Å²) >= 11 is -2.82. The number of ether oxygens (including phenoxy) is 2. The first-order valence-corrected chi connectivity index (χ1v) is 20.5. The van der Waals surface area contributed by atoms with Gasteiger partial charge >= 0.3 is 5.97 Å². The highest BCUT2D eigenvalue weighted by molar-refractivity contribution is 7.80. The second-order valence-electron chi connectivity index (χ2n) is 15.0. The standard InChI is InChI=1S/C41H46F3N7O7S/c1-25(2)36(41(53)56-3)34-21-35(47-58-34)57-19-5-4-13-48-15-17-49(18-16-48)29-8-6-26(7-9-29)27-20-30-31(23-46-40(30)45-22-27)39(52)37-32(43)10-11-33(38(37)44)51(59(54)55)50-14-12-28(42)24-50/h6-11,20-23,25,28,36H,4-5,12-19,24H2,1-3H3,(H,45,46)(H,54,55)/t28-,36?/m1/s1. The minimum atomic E-state index is -2.82. The summed E-state index contributed by atoms with van der Waals surface area (Å²) in [4.78, 5) is 38.0. The highest BCUT2D eigenvalue weighted by Crippen LogP contribution is 2.34. The summed E-state index contributed by atoms with van der Waals surface area (Å²) in [6, 6.07) is 13.2. The molecule has 0 spiro atoms. The summed E-state index contributed by atoms with van der Waals surface area (Å²) in [7, 11) is 1.35. The SMILES string of the molecule is COC(=O)C(c1cc(OCCCCN2CCN(c3ccc(-c4cnc5[nH]cc(C(=O)c6c(F)ccc(N(N7CC[C@@H](F)C7)S(=O)O)c6F)c5c4)cc3)CC2)no1)C(C)C. The van der Waals surface area contributed by atoms with Crippen molar-refractivity contribution in [3.05, 3.63) is 89.4 Å². The Morgan fingerprint density at radius 1 is 1.05 bits per heavy atom. The lowest BCUT2D eigenvalue weighted by molar-refractivity contribution is -0.144. The molecule has 314 valence electrons. The number of pyridine rings is 1. The molecule has 3 atom stereocenters. The van der Waals surface area contributed by atoms with Gasteiger partial charge in [-0.2, -0.15) is 4.41 Å². The number of rotatable bonds is 16. The first-order valence-electron chi connectivity index (χ1n) is 19.5. The number of benzene rings is 2. The Kier molecular flexibility index (Phi) is 13.0. The molecule has 5 heterocycles. The zero-order valence-electron chi connectivity index (χ0n) is 32.9. The molecule has 2 aromatic carbocycles. The Balaban J connectivity index is 0.939. The number of nitrogens with one attached hydrogen (secondary N) is 1. The van der Waals surface area contributed by atoms with Crippen molar-refractivity contribution in [1.82, 2.24) is 25.0 Å². The minimum absolute atomic E-state index is 0.0121. The number of ketones is 1. The van der Waals surface area contributed by atoms with Gasteiger partial charge in [-0.25, -0.2) is 27.4 Å². The van der Waals surface area contributed by atoms with Crippen LogP contribution in [0.4, 0.5) is 24.5 Å². The van der Waals surface area contributed by atoms with Gasteiger partial charge in [-0.1, -0.05) is 26.0 Å². The molecule has 2 saturated heterocycles. The molecule has 14 nitrogen and oxygen atoms in total. The predicted molar refractivity (Wildman–Crippen MR) is 215 cm³/mol. The maximum Gasteiger partial charge on any atom is 0.316 e. The molecule has 7 rings (SSSR count). The first-order chi connectivity index (χ1) is 28.4. The summed E-state index contributed by atoms with van der Waals surface area (Å²) in [5.41, 5.74) is 1.44. The van der Waals surface area contributed by atoms with Gasteiger partial charge in [-0.05, 0) is 72.8 Å². The Bertz CT molecular complexity index is 2300. The predicted octanol–water partition coefficient (Wildman–Crippen LogP) is 6.52. The number of esters is 1. The Labute approximate surface area is 341 Å². The van der Waals surface area contributed by atoms with Crippen LogP contribution in [-0.2, 0) is 20.8 Å². The van der Waals surface area contributed by atoms with E-state index < -0.39 is 52.0 Å². The van der Waals surface area contributed by atoms with Crippen LogP contribution in [0.3, 0.4) is 0 Å². The fourth-order valence-corrected chi connectivity index (χ4v) is 8.28. The number of anilines is 2. The van der Waals surface area contributed by atoms with Crippen LogP contribution in [-0.4, -0.2) is 111 Å². The molecule has 0 amide bonds. The number of aromatic amines is 1. The molecular formula is C41H46F3N7O7S. The molecule has 2 aliphatic rings. The number of carbonyl (C=O) groups is 2. The van der Waals surface area contributed by atoms with Crippen molar-refractivity contribution in [2.75, 3.05) is 68.8 Å². The van der Waals surface area contributed by atoms with E-state index in [2.05, 4.69) is 24.9 Å². The van der Waals surface area contributed by atoms with Gasteiger partial charge in [0.1, 0.15) is 29.2 Å². The van der Waals surface area contributed by atoms with E-state index in [0.717, 1.165) is 74.0 Å². The number of methoxy groups -OCH3 is 1. The molecule has 0 aliphatic carbocycles. The van der Waals surface area contributed by atoms with E-state index in [1.165, 1.54) is 13.3 Å². The van der Waals surface area contributed by atoms with Crippen molar-refractivity contribution >= 4 is 45.4 Å². The molecule has 0 bridgehead atoms. The quantitative estimate of drug-likeness (QED) is 0.0481. The number of fused-ring (bicyclic) bond motifs is 1. The number of aromatic nitrogens is 3. The highest BCUT2D eigenvalue weighted by atomic mass is 32.2. The van der Waals surface area contributed by atoms with Gasteiger partial charge < -0.3 is 23.9 Å². The zero-order chi connectivity index (χ0) is 41.8. The van der Waals surface area contributed by atoms with Crippen LogP contribution in [0.2, 0.25) is 0 Å².